The van der Waals surface area contributed by atoms with E-state index in [0.29, 0.717) is 6.42 Å². The second-order valence-corrected chi connectivity index (χ2v) is 8.57. The highest BCUT2D eigenvalue weighted by molar-refractivity contribution is 6.16. The molecule has 1 atom stereocenters. The van der Waals surface area contributed by atoms with Crippen LogP contribution in [-0.2, 0) is 0 Å². The minimum absolute atomic E-state index is 0.148. The third-order valence-electron chi connectivity index (χ3n) is 6.06. The lowest BCUT2D eigenvalue weighted by Gasteiger charge is -2.11. The van der Waals surface area contributed by atoms with Crippen molar-refractivity contribution in [2.45, 2.75) is 18.8 Å². The van der Waals surface area contributed by atoms with Gasteiger partial charge in [0.2, 0.25) is 0 Å². The Labute approximate surface area is 210 Å². The molecule has 0 spiro atoms. The van der Waals surface area contributed by atoms with Crippen molar-refractivity contribution < 1.29 is 26.7 Å². The zero-order valence-corrected chi connectivity index (χ0v) is 19.3. The number of hydrogen-bond acceptors (Lipinski definition) is 2. The van der Waals surface area contributed by atoms with Crippen molar-refractivity contribution in [3.8, 4) is 16.9 Å². The number of benzene rings is 4. The van der Waals surface area contributed by atoms with Gasteiger partial charge >= 0.3 is 6.36 Å². The van der Waals surface area contributed by atoms with Gasteiger partial charge in [-0.3, -0.25) is 4.99 Å². The number of halogens is 5. The summed E-state index contributed by atoms with van der Waals surface area (Å²) in [6.07, 6.45) is -2.40. The van der Waals surface area contributed by atoms with Crippen LogP contribution in [0.1, 0.15) is 29.2 Å². The molecule has 1 aliphatic heterocycles. The van der Waals surface area contributed by atoms with E-state index in [4.69, 9.17) is 4.99 Å². The van der Waals surface area contributed by atoms with Crippen LogP contribution in [0.3, 0.4) is 0 Å². The standard InChI is InChI=1S/C30H20F5NO/c31-25-7-4-8-26(32)28(25)29-23(17-19-5-2-1-3-6-19)18-27(36-29)22-11-9-20(10-12-22)21-13-15-24(16-14-21)37-30(33,34)35/h1-17,27H,18H2/b23-17-. The molecule has 0 saturated carbocycles. The molecule has 0 aromatic heterocycles. The lowest BCUT2D eigenvalue weighted by molar-refractivity contribution is -0.274. The van der Waals surface area contributed by atoms with Crippen LogP contribution in [0, 0.1) is 11.6 Å². The molecule has 4 aromatic carbocycles. The fourth-order valence-corrected chi connectivity index (χ4v) is 4.36. The molecule has 1 aliphatic rings. The van der Waals surface area contributed by atoms with Crippen molar-refractivity contribution in [3.05, 3.63) is 131 Å². The maximum atomic E-state index is 14.7. The zero-order chi connectivity index (χ0) is 26.0. The van der Waals surface area contributed by atoms with Crippen LogP contribution in [0.25, 0.3) is 17.2 Å². The van der Waals surface area contributed by atoms with Gasteiger partial charge in [0, 0.05) is 6.42 Å². The van der Waals surface area contributed by atoms with E-state index in [0.717, 1.165) is 27.8 Å². The summed E-state index contributed by atoms with van der Waals surface area (Å²) in [5.41, 5.74) is 4.13. The van der Waals surface area contributed by atoms with Crippen LogP contribution < -0.4 is 4.74 Å². The fraction of sp³-hybridized carbons (Fsp3) is 0.100. The summed E-state index contributed by atoms with van der Waals surface area (Å²) in [5.74, 6) is -1.64. The third-order valence-corrected chi connectivity index (χ3v) is 6.06. The molecule has 186 valence electrons. The number of aliphatic imine (C=N–C) groups is 1. The molecule has 2 nitrogen and oxygen atoms in total. The topological polar surface area (TPSA) is 21.6 Å². The largest absolute Gasteiger partial charge is 0.573 e. The second kappa shape index (κ2) is 10.0. The van der Waals surface area contributed by atoms with Crippen LogP contribution in [0.2, 0.25) is 0 Å². The number of hydrogen-bond donors (Lipinski definition) is 0. The first kappa shape index (κ1) is 24.4. The zero-order valence-electron chi connectivity index (χ0n) is 19.3. The number of alkyl halides is 3. The Kier molecular flexibility index (Phi) is 6.61. The maximum Gasteiger partial charge on any atom is 0.573 e. The molecular formula is C30H20F5NO. The first-order valence-corrected chi connectivity index (χ1v) is 11.5. The van der Waals surface area contributed by atoms with E-state index in [-0.39, 0.29) is 23.1 Å². The van der Waals surface area contributed by atoms with Gasteiger partial charge in [-0.1, -0.05) is 72.8 Å². The molecule has 7 heteroatoms. The van der Waals surface area contributed by atoms with Gasteiger partial charge in [-0.25, -0.2) is 8.78 Å². The van der Waals surface area contributed by atoms with Gasteiger partial charge in [-0.15, -0.1) is 13.2 Å². The summed E-state index contributed by atoms with van der Waals surface area (Å²) in [6.45, 7) is 0. The molecule has 0 bridgehead atoms. The molecule has 5 rings (SSSR count). The van der Waals surface area contributed by atoms with Crippen molar-refractivity contribution in [3.63, 3.8) is 0 Å². The van der Waals surface area contributed by atoms with Crippen molar-refractivity contribution in [2.75, 3.05) is 0 Å². The SMILES string of the molecule is Fc1cccc(F)c1C1=NC(c2ccc(-c3ccc(OC(F)(F)F)cc3)cc2)C/C1=C/c1ccccc1. The van der Waals surface area contributed by atoms with E-state index < -0.39 is 18.0 Å². The Morgan fingerprint density at radius 1 is 0.730 bits per heavy atom. The number of ether oxygens (including phenoxy) is 1. The van der Waals surface area contributed by atoms with Crippen molar-refractivity contribution >= 4 is 11.8 Å². The first-order chi connectivity index (χ1) is 17.8. The van der Waals surface area contributed by atoms with Crippen molar-refractivity contribution in [1.82, 2.24) is 0 Å². The van der Waals surface area contributed by atoms with Gasteiger partial charge < -0.3 is 4.74 Å². The van der Waals surface area contributed by atoms with Gasteiger partial charge in [0.1, 0.15) is 17.4 Å². The van der Waals surface area contributed by atoms with E-state index >= 15 is 0 Å². The lowest BCUT2D eigenvalue weighted by Crippen LogP contribution is -2.16. The summed E-state index contributed by atoms with van der Waals surface area (Å²) < 4.78 is 70.5. The normalized spacial score (nSPS) is 16.6. The molecule has 37 heavy (non-hydrogen) atoms. The molecule has 0 radical (unpaired) electrons. The maximum absolute atomic E-state index is 14.7. The summed E-state index contributed by atoms with van der Waals surface area (Å²) in [5, 5.41) is 0. The van der Waals surface area contributed by atoms with Crippen LogP contribution in [0.4, 0.5) is 22.0 Å². The Hall–Kier alpha value is -4.26. The second-order valence-electron chi connectivity index (χ2n) is 8.57. The summed E-state index contributed by atoms with van der Waals surface area (Å²) in [6, 6.07) is 25.9. The molecule has 0 amide bonds. The quantitative estimate of drug-likeness (QED) is 0.249. The van der Waals surface area contributed by atoms with Gasteiger partial charge in [0.25, 0.3) is 0 Å². The highest BCUT2D eigenvalue weighted by atomic mass is 19.4. The molecule has 0 saturated heterocycles. The van der Waals surface area contributed by atoms with E-state index in [1.54, 1.807) is 12.1 Å². The van der Waals surface area contributed by atoms with Crippen LogP contribution in [-0.4, -0.2) is 12.1 Å². The van der Waals surface area contributed by atoms with Gasteiger partial charge in [0.15, 0.2) is 0 Å². The van der Waals surface area contributed by atoms with Crippen LogP contribution >= 0.6 is 0 Å². The summed E-state index contributed by atoms with van der Waals surface area (Å²) in [7, 11) is 0. The summed E-state index contributed by atoms with van der Waals surface area (Å²) in [4.78, 5) is 4.72. The Morgan fingerprint density at radius 2 is 1.32 bits per heavy atom. The highest BCUT2D eigenvalue weighted by Gasteiger charge is 2.31. The van der Waals surface area contributed by atoms with Gasteiger partial charge in [-0.05, 0) is 58.2 Å². The highest BCUT2D eigenvalue weighted by Crippen LogP contribution is 2.37. The minimum Gasteiger partial charge on any atom is -0.406 e. The number of nitrogens with zero attached hydrogens (tertiary/aromatic N) is 1. The smallest absolute Gasteiger partial charge is 0.406 e. The van der Waals surface area contributed by atoms with Crippen LogP contribution in [0.5, 0.6) is 5.75 Å². The molecule has 4 aromatic rings. The predicted molar refractivity (Wildman–Crippen MR) is 133 cm³/mol. The predicted octanol–water partition coefficient (Wildman–Crippen LogP) is 8.55. The Morgan fingerprint density at radius 3 is 1.92 bits per heavy atom. The van der Waals surface area contributed by atoms with E-state index in [2.05, 4.69) is 4.74 Å². The monoisotopic (exact) mass is 505 g/mol. The van der Waals surface area contributed by atoms with Crippen molar-refractivity contribution in [1.29, 1.82) is 0 Å². The minimum atomic E-state index is -4.75. The van der Waals surface area contributed by atoms with Crippen molar-refractivity contribution in [2.24, 2.45) is 4.99 Å². The van der Waals surface area contributed by atoms with E-state index in [9.17, 15) is 22.0 Å². The average Bonchev–Trinajstić information content (AvgIpc) is 3.27. The molecule has 1 unspecified atom stereocenters. The fourth-order valence-electron chi connectivity index (χ4n) is 4.36. The number of rotatable bonds is 5. The van der Waals surface area contributed by atoms with Crippen LogP contribution in [0.15, 0.2) is 108 Å². The molecule has 0 aliphatic carbocycles. The Bertz CT molecular complexity index is 1440. The molecule has 0 N–H and O–H groups in total. The molecule has 0 fully saturated rings. The molecular weight excluding hydrogens is 485 g/mol. The molecule has 1 heterocycles. The van der Waals surface area contributed by atoms with E-state index in [1.807, 2.05) is 60.7 Å². The lowest BCUT2D eigenvalue weighted by atomic mass is 9.95. The summed E-state index contributed by atoms with van der Waals surface area (Å²) >= 11 is 0. The average molecular weight is 505 g/mol. The van der Waals surface area contributed by atoms with E-state index in [1.165, 1.54) is 30.3 Å². The Balaban J connectivity index is 1.44. The third kappa shape index (κ3) is 5.61. The first-order valence-electron chi connectivity index (χ1n) is 11.5. The van der Waals surface area contributed by atoms with Gasteiger partial charge in [-0.2, -0.15) is 0 Å². The van der Waals surface area contributed by atoms with Gasteiger partial charge in [0.05, 0.1) is 17.3 Å².